The molecule has 0 saturated carbocycles. The zero-order valence-electron chi connectivity index (χ0n) is 10.9. The van der Waals surface area contributed by atoms with E-state index in [-0.39, 0.29) is 5.46 Å². The van der Waals surface area contributed by atoms with Crippen LogP contribution in [0.3, 0.4) is 0 Å². The second kappa shape index (κ2) is 6.89. The van der Waals surface area contributed by atoms with Crippen molar-refractivity contribution in [3.05, 3.63) is 24.0 Å². The van der Waals surface area contributed by atoms with E-state index in [1.54, 1.807) is 6.07 Å². The fourth-order valence-electron chi connectivity index (χ4n) is 2.29. The molecule has 0 bridgehead atoms. The van der Waals surface area contributed by atoms with Crippen LogP contribution in [-0.4, -0.2) is 48.3 Å². The number of hydrogen-bond acceptors (Lipinski definition) is 4. The molecule has 2 N–H and O–H groups in total. The molecule has 104 valence electrons. The summed E-state index contributed by atoms with van der Waals surface area (Å²) in [5.74, 6) is -0.240. The van der Waals surface area contributed by atoms with Crippen LogP contribution in [0.25, 0.3) is 0 Å². The maximum atomic E-state index is 13.4. The zero-order valence-corrected chi connectivity index (χ0v) is 10.9. The highest BCUT2D eigenvalue weighted by Crippen LogP contribution is 2.12. The molecule has 19 heavy (non-hydrogen) atoms. The summed E-state index contributed by atoms with van der Waals surface area (Å²) >= 11 is 0. The number of rotatable bonds is 6. The van der Waals surface area contributed by atoms with E-state index in [2.05, 4.69) is 4.90 Å². The highest BCUT2D eigenvalue weighted by Gasteiger charge is 2.16. The number of halogens is 1. The molecule has 1 saturated heterocycles. The van der Waals surface area contributed by atoms with Gasteiger partial charge in [-0.2, -0.15) is 0 Å². The van der Waals surface area contributed by atoms with Crippen molar-refractivity contribution < 1.29 is 19.2 Å². The predicted molar refractivity (Wildman–Crippen MR) is 72.0 cm³/mol. The third kappa shape index (κ3) is 4.19. The summed E-state index contributed by atoms with van der Waals surface area (Å²) in [6, 6.07) is 4.06. The van der Waals surface area contributed by atoms with E-state index >= 15 is 0 Å². The van der Waals surface area contributed by atoms with E-state index in [4.69, 9.17) is 14.8 Å². The molecule has 1 aliphatic heterocycles. The number of ether oxygens (including phenoxy) is 1. The molecule has 2 rings (SSSR count). The maximum absolute atomic E-state index is 13.4. The van der Waals surface area contributed by atoms with E-state index in [9.17, 15) is 4.39 Å². The molecule has 0 amide bonds. The number of benzene rings is 1. The Morgan fingerprint density at radius 3 is 2.63 bits per heavy atom. The van der Waals surface area contributed by atoms with Crippen LogP contribution in [-0.2, 0) is 0 Å². The Morgan fingerprint density at radius 2 is 2.00 bits per heavy atom. The molecule has 6 heteroatoms. The average Bonchev–Trinajstić information content (AvgIpc) is 2.87. The lowest BCUT2D eigenvalue weighted by molar-refractivity contribution is 0.262. The lowest BCUT2D eigenvalue weighted by Crippen LogP contribution is -2.32. The van der Waals surface area contributed by atoms with Crippen LogP contribution in [0.1, 0.15) is 19.3 Å². The van der Waals surface area contributed by atoms with Crippen molar-refractivity contribution >= 4 is 12.6 Å². The van der Waals surface area contributed by atoms with Crippen molar-refractivity contribution in [1.82, 2.24) is 4.90 Å². The molecule has 1 heterocycles. The third-order valence-corrected chi connectivity index (χ3v) is 3.34. The van der Waals surface area contributed by atoms with Crippen LogP contribution in [0, 0.1) is 5.82 Å². The molecule has 4 nitrogen and oxygen atoms in total. The van der Waals surface area contributed by atoms with E-state index in [1.165, 1.54) is 25.0 Å². The molecular weight excluding hydrogens is 248 g/mol. The van der Waals surface area contributed by atoms with Gasteiger partial charge in [0.15, 0.2) is 0 Å². The molecule has 1 aromatic rings. The molecule has 0 unspecified atom stereocenters. The van der Waals surface area contributed by atoms with Crippen LogP contribution in [0.5, 0.6) is 5.75 Å². The minimum atomic E-state index is -1.79. The first-order valence-corrected chi connectivity index (χ1v) is 6.67. The lowest BCUT2D eigenvalue weighted by Gasteiger charge is -2.14. The molecule has 1 aromatic carbocycles. The Labute approximate surface area is 113 Å². The molecular formula is C13H19BFNO3. The van der Waals surface area contributed by atoms with Crippen molar-refractivity contribution in [3.63, 3.8) is 0 Å². The molecule has 0 spiro atoms. The fourth-order valence-corrected chi connectivity index (χ4v) is 2.29. The Bertz CT molecular complexity index is 411. The van der Waals surface area contributed by atoms with Crippen molar-refractivity contribution in [2.24, 2.45) is 0 Å². The smallest absolute Gasteiger partial charge is 0.491 e. The number of hydrogen-bond donors (Lipinski definition) is 2. The molecule has 1 fully saturated rings. The van der Waals surface area contributed by atoms with Gasteiger partial charge in [0.2, 0.25) is 0 Å². The zero-order chi connectivity index (χ0) is 13.7. The van der Waals surface area contributed by atoms with E-state index < -0.39 is 12.9 Å². The average molecular weight is 267 g/mol. The topological polar surface area (TPSA) is 52.9 Å². The number of nitrogens with zero attached hydrogens (tertiary/aromatic N) is 1. The van der Waals surface area contributed by atoms with Crippen molar-refractivity contribution in [1.29, 1.82) is 0 Å². The van der Waals surface area contributed by atoms with Gasteiger partial charge in [-0.3, -0.25) is 0 Å². The van der Waals surface area contributed by atoms with E-state index in [0.717, 1.165) is 26.1 Å². The summed E-state index contributed by atoms with van der Waals surface area (Å²) in [5.41, 5.74) is -0.135. The van der Waals surface area contributed by atoms with Gasteiger partial charge >= 0.3 is 7.12 Å². The number of likely N-dealkylation sites (tertiary alicyclic amines) is 1. The molecule has 0 aromatic heterocycles. The van der Waals surface area contributed by atoms with E-state index in [0.29, 0.717) is 12.4 Å². The Morgan fingerprint density at radius 1 is 1.26 bits per heavy atom. The summed E-state index contributed by atoms with van der Waals surface area (Å²) in [6.45, 7) is 3.88. The highest BCUT2D eigenvalue weighted by atomic mass is 19.1. The Kier molecular flexibility index (Phi) is 5.19. The Hall–Kier alpha value is -1.11. The second-order valence-electron chi connectivity index (χ2n) is 4.81. The summed E-state index contributed by atoms with van der Waals surface area (Å²) in [5, 5.41) is 17.8. The largest absolute Gasteiger partial charge is 0.493 e. The van der Waals surface area contributed by atoms with Gasteiger partial charge < -0.3 is 19.7 Å². The van der Waals surface area contributed by atoms with Gasteiger partial charge in [-0.25, -0.2) is 4.39 Å². The second-order valence-corrected chi connectivity index (χ2v) is 4.81. The first-order chi connectivity index (χ1) is 9.16. The van der Waals surface area contributed by atoms with Gasteiger partial charge in [-0.1, -0.05) is 6.07 Å². The van der Waals surface area contributed by atoms with Crippen molar-refractivity contribution in [2.75, 3.05) is 26.2 Å². The first kappa shape index (κ1) is 14.3. The first-order valence-electron chi connectivity index (χ1n) is 6.67. The molecule has 1 aliphatic rings. The monoisotopic (exact) mass is 267 g/mol. The highest BCUT2D eigenvalue weighted by molar-refractivity contribution is 6.58. The minimum absolute atomic E-state index is 0.135. The standard InChI is InChI=1S/C13H19BFNO3/c15-13-10-11(4-5-12(13)14(17)18)19-9-3-8-16-6-1-2-7-16/h4-5,10,17-18H,1-3,6-9H2. The van der Waals surface area contributed by atoms with Crippen LogP contribution >= 0.6 is 0 Å². The van der Waals surface area contributed by atoms with Crippen LogP contribution in [0.15, 0.2) is 18.2 Å². The maximum Gasteiger partial charge on any atom is 0.491 e. The summed E-state index contributed by atoms with van der Waals surface area (Å²) in [6.07, 6.45) is 3.46. The van der Waals surface area contributed by atoms with Gasteiger partial charge in [0, 0.05) is 18.1 Å². The third-order valence-electron chi connectivity index (χ3n) is 3.34. The predicted octanol–water partition coefficient (Wildman–Crippen LogP) is 0.370. The SMILES string of the molecule is OB(O)c1ccc(OCCCN2CCCC2)cc1F. The van der Waals surface area contributed by atoms with Crippen LogP contribution in [0.4, 0.5) is 4.39 Å². The Balaban J connectivity index is 1.74. The van der Waals surface area contributed by atoms with Crippen molar-refractivity contribution in [2.45, 2.75) is 19.3 Å². The molecule has 0 aliphatic carbocycles. The van der Waals surface area contributed by atoms with Crippen molar-refractivity contribution in [3.8, 4) is 5.75 Å². The van der Waals surface area contributed by atoms with Gasteiger partial charge in [0.25, 0.3) is 0 Å². The molecule has 0 radical (unpaired) electrons. The van der Waals surface area contributed by atoms with Gasteiger partial charge in [-0.05, 0) is 38.4 Å². The lowest BCUT2D eigenvalue weighted by atomic mass is 9.80. The molecule has 0 atom stereocenters. The summed E-state index contributed by atoms with van der Waals surface area (Å²) < 4.78 is 18.9. The van der Waals surface area contributed by atoms with Crippen LogP contribution in [0.2, 0.25) is 0 Å². The summed E-state index contributed by atoms with van der Waals surface area (Å²) in [4.78, 5) is 2.40. The fraction of sp³-hybridized carbons (Fsp3) is 0.538. The van der Waals surface area contributed by atoms with Gasteiger partial charge in [-0.15, -0.1) is 0 Å². The van der Waals surface area contributed by atoms with Gasteiger partial charge in [0.1, 0.15) is 11.6 Å². The quantitative estimate of drug-likeness (QED) is 0.577. The van der Waals surface area contributed by atoms with Gasteiger partial charge in [0.05, 0.1) is 6.61 Å². The van der Waals surface area contributed by atoms with Crippen LogP contribution < -0.4 is 10.2 Å². The van der Waals surface area contributed by atoms with E-state index in [1.807, 2.05) is 0 Å². The summed E-state index contributed by atoms with van der Waals surface area (Å²) in [7, 11) is -1.79. The minimum Gasteiger partial charge on any atom is -0.493 e. The normalized spacial score (nSPS) is 15.7.